The molecule has 0 aliphatic carbocycles. The zero-order chi connectivity index (χ0) is 69.4. The number of aliphatic hydroxyl groups excluding tert-OH is 16. The lowest BCUT2D eigenvalue weighted by Gasteiger charge is -2.40. The van der Waals surface area contributed by atoms with Crippen LogP contribution in [-0.4, -0.2) is 385 Å². The molecule has 0 unspecified atom stereocenters. The van der Waals surface area contributed by atoms with Crippen LogP contribution in [0.5, 0.6) is 0 Å². The number of carboxylic acid groups (broad SMARTS) is 1. The smallest absolute Gasteiger partial charge is 0.404 e. The summed E-state index contributed by atoms with van der Waals surface area (Å²) in [6.45, 7) is -4.97. The molecule has 0 aromatic heterocycles. The highest BCUT2D eigenvalue weighted by Gasteiger charge is 2.47. The van der Waals surface area contributed by atoms with Crippen LogP contribution < -0.4 is 21.3 Å². The van der Waals surface area contributed by atoms with Crippen LogP contribution >= 0.6 is 0 Å². The summed E-state index contributed by atoms with van der Waals surface area (Å²) in [6, 6.07) is 0. The molecule has 21 N–H and O–H groups in total. The molecule has 0 saturated carbocycles. The molecule has 4 saturated heterocycles. The number of ether oxygens (including phenoxy) is 8. The van der Waals surface area contributed by atoms with E-state index < -0.39 is 185 Å². The van der Waals surface area contributed by atoms with E-state index in [2.05, 4.69) is 21.3 Å². The molecule has 0 aromatic rings. The predicted molar refractivity (Wildman–Crippen MR) is 314 cm³/mol. The molecule has 4 aliphatic heterocycles. The van der Waals surface area contributed by atoms with E-state index in [1.807, 2.05) is 0 Å². The van der Waals surface area contributed by atoms with Gasteiger partial charge in [0, 0.05) is 65.2 Å². The highest BCUT2D eigenvalue weighted by atomic mass is 16.7. The molecule has 4 rings (SSSR count). The first-order valence-corrected chi connectivity index (χ1v) is 31.6. The molecule has 94 heavy (non-hydrogen) atoms. The highest BCUT2D eigenvalue weighted by molar-refractivity contribution is 5.84. The van der Waals surface area contributed by atoms with E-state index in [1.54, 1.807) is 0 Å². The maximum atomic E-state index is 13.6. The monoisotopic (exact) mass is 1370 g/mol. The van der Waals surface area contributed by atoms with Crippen molar-refractivity contribution in [2.75, 3.05) is 125 Å². The molecule has 0 radical (unpaired) electrons. The standard InChI is InChI=1S/C56H101N7O31/c64-27-31-40(73)44(77)48(81)52(91-31)87-20-16-62(17-21-88-53-49(82)45(78)41(74)32(28-65)92-53)38(71)10-4-1-6-12-57-35(68)24-61(26-37(70)59-14-8-3-9-15-60-56(85)86)25-36(69)58-13-7-2-5-11-39(72)63(18-22-89-54-50(83)46(79)42(75)33(29-66)93-54)19-23-90-55-51(84)47(80)43(76)34(30-67)94-55/h31-34,40-55,60,64-67,73-84H,1-30H2,(H,57,68)(H,58,69)(H,59,70)(H,85,86)/t31-,32-,33-,34+,40-,41-,42-,43+,44+,45+,46+,47-,48+,49+,50+,51-,52+,53+,54+,55-/m1/s1. The lowest BCUT2D eigenvalue weighted by atomic mass is 9.99. The van der Waals surface area contributed by atoms with E-state index in [9.17, 15) is 110 Å². The van der Waals surface area contributed by atoms with Gasteiger partial charge in [-0.05, 0) is 44.9 Å². The van der Waals surface area contributed by atoms with Crippen molar-refractivity contribution in [1.82, 2.24) is 36.0 Å². The fourth-order valence-corrected chi connectivity index (χ4v) is 10.4. The Hall–Kier alpha value is -4.38. The minimum Gasteiger partial charge on any atom is -0.465 e. The minimum atomic E-state index is -1.72. The Morgan fingerprint density at radius 2 is 0.574 bits per heavy atom. The first-order valence-electron chi connectivity index (χ1n) is 31.6. The summed E-state index contributed by atoms with van der Waals surface area (Å²) in [6.07, 6.45) is -28.7. The highest BCUT2D eigenvalue weighted by Crippen LogP contribution is 2.26. The van der Waals surface area contributed by atoms with Crippen LogP contribution in [0.15, 0.2) is 0 Å². The number of nitrogens with one attached hydrogen (secondary N) is 4. The van der Waals surface area contributed by atoms with Crippen LogP contribution in [0.25, 0.3) is 0 Å². The number of amides is 6. The van der Waals surface area contributed by atoms with Gasteiger partial charge in [0.15, 0.2) is 25.2 Å². The average molecular weight is 1370 g/mol. The lowest BCUT2D eigenvalue weighted by Crippen LogP contribution is -2.59. The SMILES string of the molecule is O=C(O)NCCCCCNC(=O)CN(CC(=O)NCCCCCC(=O)N(CCO[C@H]1O[C@H](CO)[C@@H](O)[C@H](O)[C@@H]1O)CCO[C@H]1O[C@H](CO)[C@@H](O)[C@H](O)[C@@H]1O)CC(=O)NCCCCCC(=O)N(CCO[C@H]1O[C@H](CO)[C@@H](O)[C@H](O)[C@@H]1O)CCO[C@@H]1O[C@@H](CO)[C@H](O)[C@@H](O)[C@H]1O. The Labute approximate surface area is 542 Å². The van der Waals surface area contributed by atoms with Crippen LogP contribution in [0.4, 0.5) is 4.79 Å². The molecule has 4 heterocycles. The van der Waals surface area contributed by atoms with Gasteiger partial charge in [0.1, 0.15) is 97.7 Å². The Morgan fingerprint density at radius 3 is 0.819 bits per heavy atom. The van der Waals surface area contributed by atoms with Gasteiger partial charge in [-0.25, -0.2) is 4.79 Å². The maximum Gasteiger partial charge on any atom is 0.404 e. The van der Waals surface area contributed by atoms with Crippen LogP contribution in [-0.2, 0) is 61.9 Å². The van der Waals surface area contributed by atoms with Gasteiger partial charge in [-0.1, -0.05) is 12.8 Å². The summed E-state index contributed by atoms with van der Waals surface area (Å²) < 4.78 is 43.9. The summed E-state index contributed by atoms with van der Waals surface area (Å²) in [4.78, 5) is 81.4. The summed E-state index contributed by atoms with van der Waals surface area (Å²) in [5.74, 6) is -2.41. The third-order valence-electron chi connectivity index (χ3n) is 16.0. The van der Waals surface area contributed by atoms with E-state index in [-0.39, 0.29) is 111 Å². The zero-order valence-electron chi connectivity index (χ0n) is 52.4. The van der Waals surface area contributed by atoms with Crippen molar-refractivity contribution in [2.45, 2.75) is 193 Å². The van der Waals surface area contributed by atoms with Gasteiger partial charge in [-0.2, -0.15) is 0 Å². The minimum absolute atomic E-state index is 0.0351. The van der Waals surface area contributed by atoms with Crippen molar-refractivity contribution < 1.29 is 153 Å². The number of hydrogen-bond donors (Lipinski definition) is 21. The Balaban J connectivity index is 1.27. The maximum absolute atomic E-state index is 13.6. The summed E-state index contributed by atoms with van der Waals surface area (Å²) in [5, 5.41) is 180. The third-order valence-corrected chi connectivity index (χ3v) is 16.0. The number of rotatable bonds is 44. The fourth-order valence-electron chi connectivity index (χ4n) is 10.4. The average Bonchev–Trinajstić information content (AvgIpc) is 0.873. The number of hydrogen-bond acceptors (Lipinski definition) is 31. The second kappa shape index (κ2) is 43.8. The quantitative estimate of drug-likeness (QED) is 0.0252. The van der Waals surface area contributed by atoms with Gasteiger partial charge in [-0.15, -0.1) is 0 Å². The number of unbranched alkanes of at least 4 members (excludes halogenated alkanes) is 6. The van der Waals surface area contributed by atoms with Gasteiger partial charge < -0.3 is 156 Å². The molecule has 6 amide bonds. The molecule has 0 spiro atoms. The molecule has 546 valence electrons. The predicted octanol–water partition coefficient (Wildman–Crippen LogP) is -10.9. The summed E-state index contributed by atoms with van der Waals surface area (Å²) in [5.41, 5.74) is 0. The van der Waals surface area contributed by atoms with Crippen molar-refractivity contribution >= 4 is 35.6 Å². The van der Waals surface area contributed by atoms with E-state index in [0.29, 0.717) is 57.8 Å². The molecule has 20 atom stereocenters. The lowest BCUT2D eigenvalue weighted by molar-refractivity contribution is -0.303. The first kappa shape index (κ1) is 82.0. The van der Waals surface area contributed by atoms with Crippen LogP contribution in [0.2, 0.25) is 0 Å². The van der Waals surface area contributed by atoms with E-state index in [0.717, 1.165) is 0 Å². The number of carbonyl (C=O) groups is 6. The number of carbonyl (C=O) groups excluding carboxylic acids is 5. The van der Waals surface area contributed by atoms with E-state index >= 15 is 0 Å². The zero-order valence-corrected chi connectivity index (χ0v) is 52.4. The molecule has 4 fully saturated rings. The Kier molecular flexibility index (Phi) is 38.2. The molecule has 38 nitrogen and oxygen atoms in total. The van der Waals surface area contributed by atoms with Gasteiger partial charge in [-0.3, -0.25) is 28.9 Å². The van der Waals surface area contributed by atoms with Gasteiger partial charge in [0.25, 0.3) is 0 Å². The molecule has 0 aromatic carbocycles. The van der Waals surface area contributed by atoms with E-state index in [1.165, 1.54) is 14.7 Å². The fraction of sp³-hybridized carbons (Fsp3) is 0.893. The normalized spacial score (nSPS) is 31.2. The largest absolute Gasteiger partial charge is 0.465 e. The van der Waals surface area contributed by atoms with Crippen LogP contribution in [0, 0.1) is 0 Å². The number of nitrogens with zero attached hydrogens (tertiary/aromatic N) is 3. The molecule has 38 heteroatoms. The van der Waals surface area contributed by atoms with Crippen molar-refractivity contribution in [3.8, 4) is 0 Å². The Morgan fingerprint density at radius 1 is 0.330 bits per heavy atom. The molecule has 4 aliphatic rings. The van der Waals surface area contributed by atoms with Gasteiger partial charge in [0.05, 0.1) is 72.5 Å². The molecule has 0 bridgehead atoms. The topological polar surface area (TPSA) is 578 Å². The first-order chi connectivity index (χ1) is 44.9. The van der Waals surface area contributed by atoms with Crippen molar-refractivity contribution in [1.29, 1.82) is 0 Å². The third kappa shape index (κ3) is 27.1. The molecular formula is C56H101N7O31. The van der Waals surface area contributed by atoms with E-state index in [4.69, 9.17) is 43.0 Å². The van der Waals surface area contributed by atoms with Crippen LogP contribution in [0.3, 0.4) is 0 Å². The summed E-state index contributed by atoms with van der Waals surface area (Å²) >= 11 is 0. The van der Waals surface area contributed by atoms with Gasteiger partial charge >= 0.3 is 6.09 Å². The second-order valence-corrected chi connectivity index (χ2v) is 23.1. The van der Waals surface area contributed by atoms with Crippen molar-refractivity contribution in [3.05, 3.63) is 0 Å². The molecular weight excluding hydrogens is 1270 g/mol. The van der Waals surface area contributed by atoms with Crippen molar-refractivity contribution in [2.24, 2.45) is 0 Å². The van der Waals surface area contributed by atoms with Gasteiger partial charge in [0.2, 0.25) is 29.5 Å². The number of aliphatic hydroxyl groups is 16. The van der Waals surface area contributed by atoms with Crippen LogP contribution in [0.1, 0.15) is 70.6 Å². The Bertz CT molecular complexity index is 1990. The second-order valence-electron chi connectivity index (χ2n) is 23.1. The van der Waals surface area contributed by atoms with Crippen molar-refractivity contribution in [3.63, 3.8) is 0 Å². The summed E-state index contributed by atoms with van der Waals surface area (Å²) in [7, 11) is 0.